The highest BCUT2D eigenvalue weighted by atomic mass is 79.9. The monoisotopic (exact) mass is 365 g/mol. The summed E-state index contributed by atoms with van der Waals surface area (Å²) in [5.41, 5.74) is 2.55. The van der Waals surface area contributed by atoms with E-state index < -0.39 is 0 Å². The molecule has 3 rings (SSSR count). The topological polar surface area (TPSA) is 39.9 Å². The van der Waals surface area contributed by atoms with Gasteiger partial charge in [-0.1, -0.05) is 0 Å². The molecule has 1 atom stereocenters. The summed E-state index contributed by atoms with van der Waals surface area (Å²) >= 11 is 9.70. The first-order valence-electron chi connectivity index (χ1n) is 6.42. The zero-order valence-corrected chi connectivity index (χ0v) is 13.9. The molecule has 0 saturated heterocycles. The van der Waals surface area contributed by atoms with Gasteiger partial charge in [-0.05, 0) is 53.2 Å². The molecule has 2 heterocycles. The number of alkyl halides is 1. The number of methoxy groups -OCH3 is 1. The van der Waals surface area contributed by atoms with Gasteiger partial charge in [0.05, 0.1) is 12.5 Å². The Kier molecular flexibility index (Phi) is 3.87. The van der Waals surface area contributed by atoms with Crippen LogP contribution in [0.25, 0.3) is 16.9 Å². The number of ether oxygens (including phenoxy) is 1. The van der Waals surface area contributed by atoms with Crippen molar-refractivity contribution in [2.24, 2.45) is 0 Å². The number of aromatic nitrogens is 3. The van der Waals surface area contributed by atoms with Gasteiger partial charge in [-0.2, -0.15) is 0 Å². The maximum Gasteiger partial charge on any atom is 0.164 e. The van der Waals surface area contributed by atoms with Gasteiger partial charge in [-0.25, -0.2) is 9.97 Å². The van der Waals surface area contributed by atoms with E-state index >= 15 is 0 Å². The smallest absolute Gasteiger partial charge is 0.164 e. The third-order valence-electron chi connectivity index (χ3n) is 3.18. The van der Waals surface area contributed by atoms with E-state index in [1.807, 2.05) is 41.8 Å². The molecule has 0 N–H and O–H groups in total. The summed E-state index contributed by atoms with van der Waals surface area (Å²) < 4.78 is 8.06. The second-order valence-electron chi connectivity index (χ2n) is 4.62. The Labute approximate surface area is 135 Å². The summed E-state index contributed by atoms with van der Waals surface area (Å²) in [4.78, 5) is 9.07. The molecule has 21 heavy (non-hydrogen) atoms. The molecule has 0 saturated carbocycles. The molecular weight excluding hydrogens is 354 g/mol. The molecule has 0 spiro atoms. The number of fused-ring (bicyclic) bond motifs is 1. The Morgan fingerprint density at radius 2 is 2.00 bits per heavy atom. The number of imidazole rings is 1. The van der Waals surface area contributed by atoms with Gasteiger partial charge in [0.1, 0.15) is 17.1 Å². The first-order valence-corrected chi connectivity index (χ1v) is 7.65. The number of hydrogen-bond donors (Lipinski definition) is 0. The van der Waals surface area contributed by atoms with E-state index in [2.05, 4.69) is 25.9 Å². The van der Waals surface area contributed by atoms with Crippen LogP contribution >= 0.6 is 27.5 Å². The average Bonchev–Trinajstić information content (AvgIpc) is 2.86. The summed E-state index contributed by atoms with van der Waals surface area (Å²) in [6, 6.07) is 9.68. The standard InChI is InChI=1S/C15H13BrClN3O/c1-9(17)14-19-13-7-10(16)8-18-15(13)20(14)11-3-5-12(21-2)6-4-11/h3-9H,1-2H3. The Hall–Kier alpha value is -1.59. The van der Waals surface area contributed by atoms with Crippen molar-refractivity contribution in [1.29, 1.82) is 0 Å². The largest absolute Gasteiger partial charge is 0.497 e. The molecule has 0 fully saturated rings. The normalized spacial score (nSPS) is 12.6. The molecule has 0 aliphatic carbocycles. The number of benzene rings is 1. The van der Waals surface area contributed by atoms with Gasteiger partial charge in [-0.15, -0.1) is 11.6 Å². The van der Waals surface area contributed by atoms with Gasteiger partial charge < -0.3 is 4.74 Å². The fraction of sp³-hybridized carbons (Fsp3) is 0.200. The molecule has 1 aromatic carbocycles. The summed E-state index contributed by atoms with van der Waals surface area (Å²) in [5, 5.41) is -0.222. The van der Waals surface area contributed by atoms with Crippen LogP contribution in [0, 0.1) is 0 Å². The lowest BCUT2D eigenvalue weighted by Gasteiger charge is -2.10. The van der Waals surface area contributed by atoms with Crippen LogP contribution in [-0.2, 0) is 0 Å². The van der Waals surface area contributed by atoms with Crippen molar-refractivity contribution < 1.29 is 4.74 Å². The maximum absolute atomic E-state index is 6.28. The quantitative estimate of drug-likeness (QED) is 0.641. The molecule has 0 radical (unpaired) electrons. The molecule has 0 aliphatic heterocycles. The molecule has 108 valence electrons. The van der Waals surface area contributed by atoms with Crippen molar-refractivity contribution in [3.05, 3.63) is 46.8 Å². The number of rotatable bonds is 3. The van der Waals surface area contributed by atoms with Crippen LogP contribution in [0.1, 0.15) is 18.1 Å². The lowest BCUT2D eigenvalue weighted by molar-refractivity contribution is 0.414. The van der Waals surface area contributed by atoms with Gasteiger partial charge in [0.15, 0.2) is 5.65 Å². The second-order valence-corrected chi connectivity index (χ2v) is 6.19. The van der Waals surface area contributed by atoms with Crippen molar-refractivity contribution in [3.8, 4) is 11.4 Å². The van der Waals surface area contributed by atoms with Gasteiger partial charge in [0, 0.05) is 16.4 Å². The molecule has 0 aliphatic rings. The summed E-state index contributed by atoms with van der Waals surface area (Å²) in [7, 11) is 1.65. The predicted octanol–water partition coefficient (Wildman–Crippen LogP) is 4.49. The highest BCUT2D eigenvalue weighted by molar-refractivity contribution is 9.10. The van der Waals surface area contributed by atoms with Crippen LogP contribution in [-0.4, -0.2) is 21.6 Å². The lowest BCUT2D eigenvalue weighted by atomic mass is 10.3. The first kappa shape index (κ1) is 14.4. The van der Waals surface area contributed by atoms with Crippen LogP contribution in [0.4, 0.5) is 0 Å². The van der Waals surface area contributed by atoms with E-state index in [4.69, 9.17) is 16.3 Å². The SMILES string of the molecule is COc1ccc(-n2c(C(C)Cl)nc3cc(Br)cnc32)cc1. The molecule has 0 amide bonds. The average molecular weight is 367 g/mol. The molecule has 4 nitrogen and oxygen atoms in total. The van der Waals surface area contributed by atoms with Crippen LogP contribution in [0.3, 0.4) is 0 Å². The number of nitrogens with zero attached hydrogens (tertiary/aromatic N) is 3. The number of pyridine rings is 1. The predicted molar refractivity (Wildman–Crippen MR) is 87.4 cm³/mol. The van der Waals surface area contributed by atoms with Crippen molar-refractivity contribution in [3.63, 3.8) is 0 Å². The first-order chi connectivity index (χ1) is 10.1. The van der Waals surface area contributed by atoms with E-state index in [1.165, 1.54) is 0 Å². The molecule has 6 heteroatoms. The van der Waals surface area contributed by atoms with Gasteiger partial charge in [0.2, 0.25) is 0 Å². The zero-order chi connectivity index (χ0) is 15.0. The Balaban J connectivity index is 2.25. The Bertz CT molecular complexity index is 783. The van der Waals surface area contributed by atoms with E-state index in [1.54, 1.807) is 13.3 Å². The fourth-order valence-corrected chi connectivity index (χ4v) is 2.68. The van der Waals surface area contributed by atoms with Crippen molar-refractivity contribution >= 4 is 38.7 Å². The summed E-state index contributed by atoms with van der Waals surface area (Å²) in [6.07, 6.45) is 1.76. The molecule has 1 unspecified atom stereocenters. The van der Waals surface area contributed by atoms with Crippen LogP contribution in [0.15, 0.2) is 41.0 Å². The molecule has 3 aromatic rings. The fourth-order valence-electron chi connectivity index (χ4n) is 2.21. The van der Waals surface area contributed by atoms with Crippen LogP contribution in [0.5, 0.6) is 5.75 Å². The Morgan fingerprint density at radius 3 is 2.62 bits per heavy atom. The van der Waals surface area contributed by atoms with E-state index in [0.717, 1.165) is 32.9 Å². The zero-order valence-electron chi connectivity index (χ0n) is 11.5. The van der Waals surface area contributed by atoms with Gasteiger partial charge >= 0.3 is 0 Å². The highest BCUT2D eigenvalue weighted by Gasteiger charge is 2.17. The highest BCUT2D eigenvalue weighted by Crippen LogP contribution is 2.29. The minimum atomic E-state index is -0.222. The number of halogens is 2. The van der Waals surface area contributed by atoms with E-state index in [9.17, 15) is 0 Å². The molecule has 0 bridgehead atoms. The molecule has 2 aromatic heterocycles. The number of hydrogen-bond acceptors (Lipinski definition) is 3. The molecular formula is C15H13BrClN3O. The van der Waals surface area contributed by atoms with E-state index in [0.29, 0.717) is 0 Å². The van der Waals surface area contributed by atoms with Crippen LogP contribution in [0.2, 0.25) is 0 Å². The van der Waals surface area contributed by atoms with Crippen molar-refractivity contribution in [2.45, 2.75) is 12.3 Å². The van der Waals surface area contributed by atoms with Crippen molar-refractivity contribution in [2.75, 3.05) is 7.11 Å². The van der Waals surface area contributed by atoms with Gasteiger partial charge in [0.25, 0.3) is 0 Å². The third-order valence-corrected chi connectivity index (χ3v) is 3.81. The maximum atomic E-state index is 6.28. The van der Waals surface area contributed by atoms with Crippen molar-refractivity contribution in [1.82, 2.24) is 14.5 Å². The van der Waals surface area contributed by atoms with Crippen LogP contribution < -0.4 is 4.74 Å². The van der Waals surface area contributed by atoms with Gasteiger partial charge in [-0.3, -0.25) is 4.57 Å². The summed E-state index contributed by atoms with van der Waals surface area (Å²) in [6.45, 7) is 1.90. The minimum Gasteiger partial charge on any atom is -0.497 e. The van der Waals surface area contributed by atoms with E-state index in [-0.39, 0.29) is 5.38 Å². The minimum absolute atomic E-state index is 0.222. The second kappa shape index (κ2) is 5.66. The third kappa shape index (κ3) is 2.63. The Morgan fingerprint density at radius 1 is 1.29 bits per heavy atom. The lowest BCUT2D eigenvalue weighted by Crippen LogP contribution is -2.02. The summed E-state index contributed by atoms with van der Waals surface area (Å²) in [5.74, 6) is 1.57.